The molecule has 1 heterocycles. The summed E-state index contributed by atoms with van der Waals surface area (Å²) in [4.78, 5) is 30.7. The number of thioether (sulfide) groups is 1. The van der Waals surface area contributed by atoms with Crippen molar-refractivity contribution in [2.24, 2.45) is 10.8 Å². The number of nitrogens with zero attached hydrogens (tertiary/aromatic N) is 3. The fourth-order valence-corrected chi connectivity index (χ4v) is 4.31. The molecule has 0 saturated heterocycles. The molecule has 4 N–H and O–H groups in total. The van der Waals surface area contributed by atoms with E-state index < -0.39 is 0 Å². The second kappa shape index (κ2) is 11.1. The third kappa shape index (κ3) is 5.96. The summed E-state index contributed by atoms with van der Waals surface area (Å²) in [5.41, 5.74) is 12.3. The smallest absolute Gasteiger partial charge is 0.266 e. The van der Waals surface area contributed by atoms with Crippen LogP contribution in [-0.4, -0.2) is 32.0 Å². The molecule has 182 valence electrons. The maximum absolute atomic E-state index is 13.3. The van der Waals surface area contributed by atoms with E-state index in [0.29, 0.717) is 33.1 Å². The minimum Gasteiger partial charge on any atom is -0.375 e. The van der Waals surface area contributed by atoms with E-state index in [-0.39, 0.29) is 22.3 Å². The number of carbonyl (C=O) groups is 1. The van der Waals surface area contributed by atoms with E-state index in [2.05, 4.69) is 20.8 Å². The maximum atomic E-state index is 13.3. The predicted octanol–water partition coefficient (Wildman–Crippen LogP) is 3.98. The first-order valence-corrected chi connectivity index (χ1v) is 12.4. The SMILES string of the molecule is C/C(=N\NC(N)=S)c1ccc(NC(=O)CSc2nc3ccccc3c(=O)n2-c2ccc(C)cc2)cc1. The largest absolute Gasteiger partial charge is 0.375 e. The van der Waals surface area contributed by atoms with Crippen molar-refractivity contribution < 1.29 is 4.79 Å². The van der Waals surface area contributed by atoms with Gasteiger partial charge in [0.25, 0.3) is 5.56 Å². The third-order valence-corrected chi connectivity index (χ3v) is 6.32. The standard InChI is InChI=1S/C26H24N6O2S2/c1-16-7-13-20(14-8-16)32-24(34)21-5-3-4-6-22(21)29-26(32)36-15-23(33)28-19-11-9-18(10-12-19)17(2)30-31-25(27)35/h3-14H,15H2,1-2H3,(H,28,33)(H3,27,31,35)/b30-17+. The van der Waals surface area contributed by atoms with E-state index in [0.717, 1.165) is 11.1 Å². The highest BCUT2D eigenvalue weighted by Gasteiger charge is 2.15. The minimum atomic E-state index is -0.217. The molecule has 10 heteroatoms. The molecule has 0 radical (unpaired) electrons. The van der Waals surface area contributed by atoms with Gasteiger partial charge in [-0.05, 0) is 68.0 Å². The Kier molecular flexibility index (Phi) is 7.77. The molecule has 0 fully saturated rings. The quantitative estimate of drug-likeness (QED) is 0.112. The molecule has 1 amide bonds. The Balaban J connectivity index is 1.52. The van der Waals surface area contributed by atoms with Crippen LogP contribution in [0.3, 0.4) is 0 Å². The van der Waals surface area contributed by atoms with Gasteiger partial charge < -0.3 is 11.1 Å². The Hall–Kier alpha value is -4.02. The molecule has 0 aliphatic heterocycles. The summed E-state index contributed by atoms with van der Waals surface area (Å²) in [6, 6.07) is 22.1. The van der Waals surface area contributed by atoms with Crippen molar-refractivity contribution >= 4 is 57.3 Å². The van der Waals surface area contributed by atoms with E-state index in [4.69, 9.17) is 18.0 Å². The van der Waals surface area contributed by atoms with Crippen LogP contribution in [0.25, 0.3) is 16.6 Å². The summed E-state index contributed by atoms with van der Waals surface area (Å²) in [6.45, 7) is 3.80. The van der Waals surface area contributed by atoms with Crippen molar-refractivity contribution in [2.45, 2.75) is 19.0 Å². The number of benzene rings is 3. The van der Waals surface area contributed by atoms with Gasteiger partial charge in [-0.25, -0.2) is 4.98 Å². The van der Waals surface area contributed by atoms with Crippen LogP contribution < -0.4 is 22.0 Å². The normalized spacial score (nSPS) is 11.3. The van der Waals surface area contributed by atoms with Gasteiger partial charge in [0.2, 0.25) is 5.91 Å². The zero-order chi connectivity index (χ0) is 25.7. The molecule has 0 atom stereocenters. The molecule has 4 aromatic rings. The first kappa shape index (κ1) is 25.1. The molecule has 36 heavy (non-hydrogen) atoms. The number of aromatic nitrogens is 2. The highest BCUT2D eigenvalue weighted by molar-refractivity contribution is 7.99. The number of hydrogen-bond donors (Lipinski definition) is 3. The van der Waals surface area contributed by atoms with Gasteiger partial charge in [-0.1, -0.05) is 53.7 Å². The number of hydrazone groups is 1. The molecule has 0 aliphatic carbocycles. The van der Waals surface area contributed by atoms with Crippen molar-refractivity contribution in [1.29, 1.82) is 0 Å². The van der Waals surface area contributed by atoms with Crippen molar-refractivity contribution in [3.63, 3.8) is 0 Å². The first-order valence-electron chi connectivity index (χ1n) is 11.0. The van der Waals surface area contributed by atoms with Crippen LogP contribution >= 0.6 is 24.0 Å². The molecule has 0 saturated carbocycles. The van der Waals surface area contributed by atoms with Gasteiger partial charge in [-0.15, -0.1) is 0 Å². The van der Waals surface area contributed by atoms with E-state index >= 15 is 0 Å². The van der Waals surface area contributed by atoms with Crippen molar-refractivity contribution in [1.82, 2.24) is 15.0 Å². The van der Waals surface area contributed by atoms with Gasteiger partial charge in [-0.3, -0.25) is 19.6 Å². The number of fused-ring (bicyclic) bond motifs is 1. The lowest BCUT2D eigenvalue weighted by atomic mass is 10.1. The monoisotopic (exact) mass is 516 g/mol. The van der Waals surface area contributed by atoms with E-state index in [1.165, 1.54) is 11.8 Å². The fraction of sp³-hybridized carbons (Fsp3) is 0.115. The van der Waals surface area contributed by atoms with Crippen LogP contribution in [-0.2, 0) is 4.79 Å². The summed E-state index contributed by atoms with van der Waals surface area (Å²) in [6.07, 6.45) is 0. The first-order chi connectivity index (χ1) is 17.3. The number of aryl methyl sites for hydroxylation is 1. The lowest BCUT2D eigenvalue weighted by molar-refractivity contribution is -0.113. The molecule has 0 unspecified atom stereocenters. The molecule has 0 bridgehead atoms. The van der Waals surface area contributed by atoms with Gasteiger partial charge in [0.05, 0.1) is 28.1 Å². The van der Waals surface area contributed by atoms with Crippen LogP contribution in [0.4, 0.5) is 5.69 Å². The van der Waals surface area contributed by atoms with Gasteiger partial charge in [0.15, 0.2) is 10.3 Å². The molecule has 1 aromatic heterocycles. The lowest BCUT2D eigenvalue weighted by Crippen LogP contribution is -2.25. The zero-order valence-electron chi connectivity index (χ0n) is 19.7. The van der Waals surface area contributed by atoms with Crippen molar-refractivity contribution in [3.05, 3.63) is 94.3 Å². The average Bonchev–Trinajstić information content (AvgIpc) is 2.87. The Morgan fingerprint density at radius 1 is 1.08 bits per heavy atom. The number of hydrogen-bond acceptors (Lipinski definition) is 6. The Bertz CT molecular complexity index is 1510. The van der Waals surface area contributed by atoms with Gasteiger partial charge in [0.1, 0.15) is 0 Å². The molecule has 3 aromatic carbocycles. The number of nitrogens with one attached hydrogen (secondary N) is 2. The third-order valence-electron chi connectivity index (χ3n) is 5.29. The highest BCUT2D eigenvalue weighted by atomic mass is 32.2. The summed E-state index contributed by atoms with van der Waals surface area (Å²) in [5.74, 6) is -0.136. The maximum Gasteiger partial charge on any atom is 0.266 e. The van der Waals surface area contributed by atoms with Crippen LogP contribution in [0.15, 0.2) is 87.8 Å². The summed E-state index contributed by atoms with van der Waals surface area (Å²) in [7, 11) is 0. The summed E-state index contributed by atoms with van der Waals surface area (Å²) in [5, 5.41) is 8.02. The predicted molar refractivity (Wildman–Crippen MR) is 150 cm³/mol. The number of anilines is 1. The average molecular weight is 517 g/mol. The molecule has 4 rings (SSSR count). The number of carbonyl (C=O) groups excluding carboxylic acids is 1. The molecule has 0 spiro atoms. The second-order valence-electron chi connectivity index (χ2n) is 7.98. The summed E-state index contributed by atoms with van der Waals surface area (Å²) < 4.78 is 1.55. The van der Waals surface area contributed by atoms with Gasteiger partial charge in [0, 0.05) is 5.69 Å². The zero-order valence-corrected chi connectivity index (χ0v) is 21.3. The van der Waals surface area contributed by atoms with E-state index in [1.807, 2.05) is 62.4 Å². The van der Waals surface area contributed by atoms with Gasteiger partial charge >= 0.3 is 0 Å². The molecule has 0 aliphatic rings. The number of rotatable bonds is 7. The summed E-state index contributed by atoms with van der Waals surface area (Å²) >= 11 is 5.96. The highest BCUT2D eigenvalue weighted by Crippen LogP contribution is 2.22. The Morgan fingerprint density at radius 3 is 2.47 bits per heavy atom. The number of thiocarbonyl (C=S) groups is 1. The molecular weight excluding hydrogens is 492 g/mol. The molecule has 8 nitrogen and oxygen atoms in total. The van der Waals surface area contributed by atoms with Crippen molar-refractivity contribution in [3.8, 4) is 5.69 Å². The van der Waals surface area contributed by atoms with Gasteiger partial charge in [-0.2, -0.15) is 5.10 Å². The lowest BCUT2D eigenvalue weighted by Gasteiger charge is -2.13. The Labute approximate surface area is 217 Å². The van der Waals surface area contributed by atoms with Crippen LogP contribution in [0.2, 0.25) is 0 Å². The Morgan fingerprint density at radius 2 is 1.78 bits per heavy atom. The van der Waals surface area contributed by atoms with Crippen LogP contribution in [0, 0.1) is 6.92 Å². The van der Waals surface area contributed by atoms with E-state index in [1.54, 1.807) is 28.8 Å². The minimum absolute atomic E-state index is 0.0801. The number of nitrogens with two attached hydrogens (primary N) is 1. The molecular formula is C26H24N6O2S2. The van der Waals surface area contributed by atoms with Crippen molar-refractivity contribution in [2.75, 3.05) is 11.1 Å². The van der Waals surface area contributed by atoms with E-state index in [9.17, 15) is 9.59 Å². The number of amides is 1. The number of para-hydroxylation sites is 1. The topological polar surface area (TPSA) is 114 Å². The van der Waals surface area contributed by atoms with Crippen LogP contribution in [0.1, 0.15) is 18.1 Å². The second-order valence-corrected chi connectivity index (χ2v) is 9.36. The van der Waals surface area contributed by atoms with Crippen LogP contribution in [0.5, 0.6) is 0 Å². The fourth-order valence-electron chi connectivity index (χ4n) is 3.46.